The van der Waals surface area contributed by atoms with Gasteiger partial charge in [-0.3, -0.25) is 19.2 Å². The van der Waals surface area contributed by atoms with Crippen molar-refractivity contribution in [3.63, 3.8) is 0 Å². The lowest BCUT2D eigenvalue weighted by atomic mass is 10.0. The molecule has 7 nitrogen and oxygen atoms in total. The van der Waals surface area contributed by atoms with Crippen molar-refractivity contribution in [3.8, 4) is 5.75 Å². The standard InChI is InChI=1S/C22H19ClN2O5/c1-12-6-5-7-17-18(12)20(30-14(3)27)19(21(28)24(17)4)22(29)25(13(2)26)16-10-8-15(23)9-11-16/h5-11H,1-4H3. The van der Waals surface area contributed by atoms with Crippen LogP contribution in [0, 0.1) is 6.92 Å². The Bertz CT molecular complexity index is 1250. The Labute approximate surface area is 177 Å². The van der Waals surface area contributed by atoms with Gasteiger partial charge >= 0.3 is 5.97 Å². The molecule has 0 saturated heterocycles. The van der Waals surface area contributed by atoms with Crippen LogP contribution in [-0.2, 0) is 16.6 Å². The second kappa shape index (κ2) is 8.12. The van der Waals surface area contributed by atoms with Crippen LogP contribution in [0.15, 0.2) is 47.3 Å². The second-order valence-corrected chi connectivity index (χ2v) is 7.20. The molecule has 0 N–H and O–H groups in total. The minimum atomic E-state index is -0.896. The van der Waals surface area contributed by atoms with Crippen LogP contribution in [0.2, 0.25) is 5.02 Å². The van der Waals surface area contributed by atoms with Gasteiger partial charge in [-0.25, -0.2) is 4.90 Å². The van der Waals surface area contributed by atoms with E-state index in [1.54, 1.807) is 25.1 Å². The third-order valence-electron chi connectivity index (χ3n) is 4.65. The van der Waals surface area contributed by atoms with Gasteiger partial charge in [-0.15, -0.1) is 0 Å². The highest BCUT2D eigenvalue weighted by Crippen LogP contribution is 2.32. The Hall–Kier alpha value is -3.45. The number of amides is 2. The van der Waals surface area contributed by atoms with Crippen LogP contribution in [0.3, 0.4) is 0 Å². The fourth-order valence-corrected chi connectivity index (χ4v) is 3.43. The Morgan fingerprint density at radius 2 is 1.67 bits per heavy atom. The normalized spacial score (nSPS) is 10.7. The van der Waals surface area contributed by atoms with E-state index in [1.807, 2.05) is 0 Å². The molecule has 3 aromatic rings. The predicted molar refractivity (Wildman–Crippen MR) is 114 cm³/mol. The molecule has 1 aromatic heterocycles. The van der Waals surface area contributed by atoms with Crippen molar-refractivity contribution < 1.29 is 19.1 Å². The van der Waals surface area contributed by atoms with Crippen molar-refractivity contribution in [1.29, 1.82) is 0 Å². The highest BCUT2D eigenvalue weighted by Gasteiger charge is 2.31. The highest BCUT2D eigenvalue weighted by molar-refractivity contribution is 6.30. The van der Waals surface area contributed by atoms with E-state index in [0.717, 1.165) is 4.90 Å². The number of carbonyl (C=O) groups is 3. The highest BCUT2D eigenvalue weighted by atomic mass is 35.5. The molecule has 0 bridgehead atoms. The summed E-state index contributed by atoms with van der Waals surface area (Å²) in [5, 5.41) is 0.866. The summed E-state index contributed by atoms with van der Waals surface area (Å²) in [6, 6.07) is 11.2. The number of rotatable bonds is 3. The summed E-state index contributed by atoms with van der Waals surface area (Å²) in [4.78, 5) is 51.6. The zero-order valence-corrected chi connectivity index (χ0v) is 17.6. The number of pyridine rings is 1. The fraction of sp³-hybridized carbons (Fsp3) is 0.182. The molecule has 154 valence electrons. The molecule has 0 aliphatic heterocycles. The number of ether oxygens (including phenoxy) is 1. The number of halogens is 1. The first-order valence-electron chi connectivity index (χ1n) is 9.04. The molecule has 2 amide bonds. The number of esters is 1. The third kappa shape index (κ3) is 3.71. The topological polar surface area (TPSA) is 85.7 Å². The van der Waals surface area contributed by atoms with Crippen molar-refractivity contribution in [1.82, 2.24) is 4.57 Å². The van der Waals surface area contributed by atoms with Crippen LogP contribution in [0.5, 0.6) is 5.75 Å². The lowest BCUT2D eigenvalue weighted by Gasteiger charge is -2.22. The van der Waals surface area contributed by atoms with Gasteiger partial charge in [-0.05, 0) is 42.8 Å². The van der Waals surface area contributed by atoms with E-state index >= 15 is 0 Å². The van der Waals surface area contributed by atoms with Gasteiger partial charge in [0, 0.05) is 31.3 Å². The summed E-state index contributed by atoms with van der Waals surface area (Å²) in [7, 11) is 1.51. The number of nitrogens with zero attached hydrogens (tertiary/aromatic N) is 2. The first kappa shape index (κ1) is 21.3. The summed E-state index contributed by atoms with van der Waals surface area (Å²) in [5.74, 6) is -2.36. The molecule has 0 saturated carbocycles. The van der Waals surface area contributed by atoms with E-state index in [1.165, 1.54) is 49.7 Å². The Morgan fingerprint density at radius 1 is 1.03 bits per heavy atom. The third-order valence-corrected chi connectivity index (χ3v) is 4.90. The minimum Gasteiger partial charge on any atom is -0.425 e. The maximum absolute atomic E-state index is 13.5. The number of fused-ring (bicyclic) bond motifs is 1. The van der Waals surface area contributed by atoms with Crippen LogP contribution in [0.1, 0.15) is 29.8 Å². The van der Waals surface area contributed by atoms with Crippen molar-refractivity contribution in [2.45, 2.75) is 20.8 Å². The average Bonchev–Trinajstić information content (AvgIpc) is 2.67. The molecule has 0 radical (unpaired) electrons. The molecule has 8 heteroatoms. The number of hydrogen-bond donors (Lipinski definition) is 0. The first-order valence-corrected chi connectivity index (χ1v) is 9.42. The van der Waals surface area contributed by atoms with Gasteiger partial charge in [-0.1, -0.05) is 23.7 Å². The minimum absolute atomic E-state index is 0.163. The van der Waals surface area contributed by atoms with Gasteiger partial charge in [0.1, 0.15) is 5.56 Å². The van der Waals surface area contributed by atoms with E-state index in [2.05, 4.69) is 0 Å². The number of carbonyl (C=O) groups excluding carboxylic acids is 3. The van der Waals surface area contributed by atoms with Crippen LogP contribution in [0.4, 0.5) is 5.69 Å². The van der Waals surface area contributed by atoms with Gasteiger partial charge in [-0.2, -0.15) is 0 Å². The molecule has 1 heterocycles. The fourth-order valence-electron chi connectivity index (χ4n) is 3.30. The summed E-state index contributed by atoms with van der Waals surface area (Å²) >= 11 is 5.90. The van der Waals surface area contributed by atoms with Crippen LogP contribution in [0.25, 0.3) is 10.9 Å². The van der Waals surface area contributed by atoms with E-state index in [4.69, 9.17) is 16.3 Å². The number of anilines is 1. The molecular formula is C22H19ClN2O5. The SMILES string of the molecule is CC(=O)Oc1c(C(=O)N(C(C)=O)c2ccc(Cl)cc2)c(=O)n(C)c2cccc(C)c12. The van der Waals surface area contributed by atoms with Gasteiger partial charge in [0.05, 0.1) is 11.2 Å². The van der Waals surface area contributed by atoms with Crippen LogP contribution < -0.4 is 15.2 Å². The van der Waals surface area contributed by atoms with E-state index in [-0.39, 0.29) is 11.4 Å². The molecular weight excluding hydrogens is 408 g/mol. The van der Waals surface area contributed by atoms with Gasteiger partial charge in [0.25, 0.3) is 11.5 Å². The molecule has 30 heavy (non-hydrogen) atoms. The van der Waals surface area contributed by atoms with Gasteiger partial charge < -0.3 is 9.30 Å². The molecule has 0 aliphatic rings. The summed E-state index contributed by atoms with van der Waals surface area (Å²) in [5.41, 5.74) is 0.342. The molecule has 0 spiro atoms. The number of imide groups is 1. The Balaban J connectivity index is 2.36. The summed E-state index contributed by atoms with van der Waals surface area (Å²) < 4.78 is 6.64. The summed E-state index contributed by atoms with van der Waals surface area (Å²) in [6.45, 7) is 4.16. The first-order chi connectivity index (χ1) is 14.1. The maximum atomic E-state index is 13.5. The zero-order valence-electron chi connectivity index (χ0n) is 16.9. The van der Waals surface area contributed by atoms with Crippen molar-refractivity contribution in [2.75, 3.05) is 4.90 Å². The van der Waals surface area contributed by atoms with Crippen LogP contribution >= 0.6 is 11.6 Å². The van der Waals surface area contributed by atoms with Gasteiger partial charge in [0.2, 0.25) is 5.91 Å². The monoisotopic (exact) mass is 426 g/mol. The quantitative estimate of drug-likeness (QED) is 0.597. The van der Waals surface area contributed by atoms with Gasteiger partial charge in [0.15, 0.2) is 5.75 Å². The predicted octanol–water partition coefficient (Wildman–Crippen LogP) is 3.62. The van der Waals surface area contributed by atoms with E-state index < -0.39 is 28.9 Å². The molecule has 0 atom stereocenters. The maximum Gasteiger partial charge on any atom is 0.308 e. The Kier molecular flexibility index (Phi) is 5.75. The van der Waals surface area contributed by atoms with Crippen molar-refractivity contribution in [2.24, 2.45) is 7.05 Å². The smallest absolute Gasteiger partial charge is 0.308 e. The van der Waals surface area contributed by atoms with Crippen molar-refractivity contribution in [3.05, 3.63) is 69.0 Å². The van der Waals surface area contributed by atoms with E-state index in [0.29, 0.717) is 21.5 Å². The molecule has 2 aromatic carbocycles. The second-order valence-electron chi connectivity index (χ2n) is 6.77. The largest absolute Gasteiger partial charge is 0.425 e. The van der Waals surface area contributed by atoms with Crippen LogP contribution in [-0.4, -0.2) is 22.4 Å². The zero-order chi connectivity index (χ0) is 22.2. The molecule has 3 rings (SSSR count). The molecule has 0 fully saturated rings. The number of aromatic nitrogens is 1. The molecule has 0 unspecified atom stereocenters. The lowest BCUT2D eigenvalue weighted by molar-refractivity contribution is -0.131. The molecule has 0 aliphatic carbocycles. The van der Waals surface area contributed by atoms with E-state index in [9.17, 15) is 19.2 Å². The lowest BCUT2D eigenvalue weighted by Crippen LogP contribution is -2.40. The Morgan fingerprint density at radius 3 is 2.23 bits per heavy atom. The van der Waals surface area contributed by atoms with Crippen molar-refractivity contribution >= 4 is 46.0 Å². The number of benzene rings is 2. The number of aryl methyl sites for hydroxylation is 2. The average molecular weight is 427 g/mol. The summed E-state index contributed by atoms with van der Waals surface area (Å²) in [6.07, 6.45) is 0. The number of hydrogen-bond acceptors (Lipinski definition) is 5.